The van der Waals surface area contributed by atoms with Gasteiger partial charge in [-0.25, -0.2) is 0 Å². The predicted octanol–water partition coefficient (Wildman–Crippen LogP) is 3.71. The van der Waals surface area contributed by atoms with Gasteiger partial charge in [-0.3, -0.25) is 4.79 Å². The molecular weight excluding hydrogens is 250 g/mol. The van der Waals surface area contributed by atoms with Gasteiger partial charge in [0.1, 0.15) is 0 Å². The molecule has 0 radical (unpaired) electrons. The van der Waals surface area contributed by atoms with E-state index in [1.54, 1.807) is 0 Å². The van der Waals surface area contributed by atoms with Gasteiger partial charge in [-0.2, -0.15) is 0 Å². The van der Waals surface area contributed by atoms with E-state index >= 15 is 0 Å². The predicted molar refractivity (Wildman–Crippen MR) is 72.9 cm³/mol. The molecule has 0 saturated carbocycles. The number of ether oxygens (including phenoxy) is 1. The van der Waals surface area contributed by atoms with Crippen LogP contribution in [0.15, 0.2) is 24.4 Å². The molecule has 18 heavy (non-hydrogen) atoms. The summed E-state index contributed by atoms with van der Waals surface area (Å²) in [6, 6.07) is 5.63. The van der Waals surface area contributed by atoms with Gasteiger partial charge in [0.05, 0.1) is 17.5 Å². The molecule has 0 aliphatic heterocycles. The van der Waals surface area contributed by atoms with Gasteiger partial charge >= 0.3 is 5.97 Å². The summed E-state index contributed by atoms with van der Waals surface area (Å²) < 4.78 is 5.27. The first-order valence-corrected chi connectivity index (χ1v) is 6.43. The van der Waals surface area contributed by atoms with E-state index in [0.717, 1.165) is 22.9 Å². The number of hydrogen-bond donors (Lipinski definition) is 1. The second-order valence-corrected chi connectivity index (χ2v) is 4.77. The lowest BCUT2D eigenvalue weighted by atomic mass is 10.1. The Morgan fingerprint density at radius 1 is 1.50 bits per heavy atom. The molecule has 1 heterocycles. The topological polar surface area (TPSA) is 42.1 Å². The summed E-state index contributed by atoms with van der Waals surface area (Å²) in [4.78, 5) is 14.9. The van der Waals surface area contributed by atoms with Gasteiger partial charge in [0.25, 0.3) is 0 Å². The lowest BCUT2D eigenvalue weighted by Gasteiger charge is -2.10. The Kier molecular flexibility index (Phi) is 3.92. The molecule has 0 bridgehead atoms. The number of aromatic nitrogens is 1. The molecule has 1 aromatic heterocycles. The summed E-state index contributed by atoms with van der Waals surface area (Å²) >= 11 is 6.15. The van der Waals surface area contributed by atoms with Crippen molar-refractivity contribution >= 4 is 28.5 Å². The number of rotatable bonds is 4. The number of H-pyrrole nitrogens is 1. The molecule has 2 aromatic rings. The van der Waals surface area contributed by atoms with Crippen LogP contribution in [0.3, 0.4) is 0 Å². The number of fused-ring (bicyclic) bond motifs is 1. The first-order chi connectivity index (χ1) is 8.61. The molecule has 0 unspecified atom stereocenters. The van der Waals surface area contributed by atoms with E-state index in [9.17, 15) is 4.79 Å². The lowest BCUT2D eigenvalue weighted by molar-refractivity contribution is -0.147. The van der Waals surface area contributed by atoms with Crippen LogP contribution in [0.25, 0.3) is 10.9 Å². The molecule has 1 N–H and O–H groups in total. The summed E-state index contributed by atoms with van der Waals surface area (Å²) in [6.45, 7) is 3.88. The van der Waals surface area contributed by atoms with Gasteiger partial charge in [-0.1, -0.05) is 24.6 Å². The van der Waals surface area contributed by atoms with Crippen LogP contribution >= 0.6 is 11.6 Å². The van der Waals surface area contributed by atoms with E-state index in [4.69, 9.17) is 16.3 Å². The Morgan fingerprint density at radius 3 is 3.00 bits per heavy atom. The van der Waals surface area contributed by atoms with Crippen LogP contribution in [0.5, 0.6) is 0 Å². The zero-order valence-corrected chi connectivity index (χ0v) is 11.3. The van der Waals surface area contributed by atoms with Crippen molar-refractivity contribution in [2.24, 2.45) is 0 Å². The standard InChI is InChI=1S/C14H16ClNO2/c1-3-9(2)18-13(17)7-10-8-16-12-6-4-5-11(15)14(10)12/h4-6,8-9,16H,3,7H2,1-2H3/t9-/m0/s1. The summed E-state index contributed by atoms with van der Waals surface area (Å²) in [5.41, 5.74) is 1.82. The molecule has 0 aliphatic rings. The van der Waals surface area contributed by atoms with Crippen LogP contribution in [-0.4, -0.2) is 17.1 Å². The fourth-order valence-corrected chi connectivity index (χ4v) is 2.15. The van der Waals surface area contributed by atoms with Crippen LogP contribution in [-0.2, 0) is 16.0 Å². The van der Waals surface area contributed by atoms with Crippen molar-refractivity contribution < 1.29 is 9.53 Å². The van der Waals surface area contributed by atoms with Crippen molar-refractivity contribution in [3.63, 3.8) is 0 Å². The smallest absolute Gasteiger partial charge is 0.310 e. The van der Waals surface area contributed by atoms with Gasteiger partial charge in [-0.15, -0.1) is 0 Å². The average Bonchev–Trinajstić information content (AvgIpc) is 2.73. The molecule has 96 valence electrons. The minimum absolute atomic E-state index is 0.0434. The molecule has 1 atom stereocenters. The SMILES string of the molecule is CC[C@H](C)OC(=O)Cc1c[nH]c2cccc(Cl)c12. The highest BCUT2D eigenvalue weighted by atomic mass is 35.5. The van der Waals surface area contributed by atoms with E-state index in [1.165, 1.54) is 0 Å². The van der Waals surface area contributed by atoms with Crippen molar-refractivity contribution in [3.05, 3.63) is 35.0 Å². The van der Waals surface area contributed by atoms with E-state index in [1.807, 2.05) is 38.2 Å². The Labute approximate surface area is 111 Å². The molecule has 0 amide bonds. The van der Waals surface area contributed by atoms with Gasteiger partial charge in [0.2, 0.25) is 0 Å². The maximum absolute atomic E-state index is 11.8. The van der Waals surface area contributed by atoms with Gasteiger partial charge < -0.3 is 9.72 Å². The molecule has 3 nitrogen and oxygen atoms in total. The van der Waals surface area contributed by atoms with Crippen molar-refractivity contribution in [1.29, 1.82) is 0 Å². The zero-order valence-electron chi connectivity index (χ0n) is 10.5. The van der Waals surface area contributed by atoms with Gasteiger partial charge in [0, 0.05) is 17.1 Å². The summed E-state index contributed by atoms with van der Waals surface area (Å²) in [5.74, 6) is -0.217. The average molecular weight is 266 g/mol. The zero-order chi connectivity index (χ0) is 13.1. The van der Waals surface area contributed by atoms with Crippen LogP contribution < -0.4 is 0 Å². The third-order valence-electron chi connectivity index (χ3n) is 2.98. The molecule has 0 aliphatic carbocycles. The number of aromatic amines is 1. The number of nitrogens with one attached hydrogen (secondary N) is 1. The minimum Gasteiger partial charge on any atom is -0.462 e. The third kappa shape index (κ3) is 2.67. The van der Waals surface area contributed by atoms with Crippen LogP contribution in [0.4, 0.5) is 0 Å². The summed E-state index contributed by atoms with van der Waals surface area (Å²) in [7, 11) is 0. The first-order valence-electron chi connectivity index (χ1n) is 6.05. The van der Waals surface area contributed by atoms with Crippen LogP contribution in [0.2, 0.25) is 5.02 Å². The van der Waals surface area contributed by atoms with Crippen molar-refractivity contribution in [2.45, 2.75) is 32.8 Å². The highest BCUT2D eigenvalue weighted by Crippen LogP contribution is 2.27. The molecule has 1 aromatic carbocycles. The molecule has 0 fully saturated rings. The molecular formula is C14H16ClNO2. The number of esters is 1. The van der Waals surface area contributed by atoms with Gasteiger partial charge in [-0.05, 0) is 31.0 Å². The highest BCUT2D eigenvalue weighted by molar-refractivity contribution is 6.35. The number of hydrogen-bond acceptors (Lipinski definition) is 2. The molecule has 0 saturated heterocycles. The number of halogens is 1. The normalized spacial score (nSPS) is 12.6. The fraction of sp³-hybridized carbons (Fsp3) is 0.357. The monoisotopic (exact) mass is 265 g/mol. The van der Waals surface area contributed by atoms with E-state index < -0.39 is 0 Å². The van der Waals surface area contributed by atoms with Crippen LogP contribution in [0.1, 0.15) is 25.8 Å². The Balaban J connectivity index is 2.19. The van der Waals surface area contributed by atoms with Gasteiger partial charge in [0.15, 0.2) is 0 Å². The third-order valence-corrected chi connectivity index (χ3v) is 3.29. The number of benzene rings is 1. The maximum atomic E-state index is 11.8. The van der Waals surface area contributed by atoms with E-state index in [0.29, 0.717) is 5.02 Å². The molecule has 0 spiro atoms. The largest absolute Gasteiger partial charge is 0.462 e. The summed E-state index contributed by atoms with van der Waals surface area (Å²) in [6.07, 6.45) is 2.83. The van der Waals surface area contributed by atoms with Crippen molar-refractivity contribution in [2.75, 3.05) is 0 Å². The first kappa shape index (κ1) is 13.0. The van der Waals surface area contributed by atoms with Crippen molar-refractivity contribution in [1.82, 2.24) is 4.98 Å². The van der Waals surface area contributed by atoms with Crippen LogP contribution in [0, 0.1) is 0 Å². The number of carbonyl (C=O) groups excluding carboxylic acids is 1. The number of carbonyl (C=O) groups is 1. The van der Waals surface area contributed by atoms with E-state index in [-0.39, 0.29) is 18.5 Å². The minimum atomic E-state index is -0.217. The second kappa shape index (κ2) is 5.44. The second-order valence-electron chi connectivity index (χ2n) is 4.36. The highest BCUT2D eigenvalue weighted by Gasteiger charge is 2.13. The molecule has 4 heteroatoms. The van der Waals surface area contributed by atoms with Crippen molar-refractivity contribution in [3.8, 4) is 0 Å². The fourth-order valence-electron chi connectivity index (χ4n) is 1.85. The Morgan fingerprint density at radius 2 is 2.28 bits per heavy atom. The quantitative estimate of drug-likeness (QED) is 0.857. The summed E-state index contributed by atoms with van der Waals surface area (Å²) in [5, 5.41) is 1.56. The van der Waals surface area contributed by atoms with E-state index in [2.05, 4.69) is 4.98 Å². The molecule has 2 rings (SSSR count). The Bertz CT molecular complexity index is 562. The Hall–Kier alpha value is -1.48. The lowest BCUT2D eigenvalue weighted by Crippen LogP contribution is -2.15. The maximum Gasteiger partial charge on any atom is 0.310 e.